The number of hydrogen-bond donors (Lipinski definition) is 1. The molecule has 31 heavy (non-hydrogen) atoms. The Hall–Kier alpha value is -4.08. The van der Waals surface area contributed by atoms with Gasteiger partial charge in [0, 0.05) is 18.0 Å². The molecule has 2 N–H and O–H groups in total. The third kappa shape index (κ3) is 3.31. The second kappa shape index (κ2) is 7.63. The third-order valence-electron chi connectivity index (χ3n) is 5.12. The maximum atomic E-state index is 14.1. The van der Waals surface area contributed by atoms with E-state index in [4.69, 9.17) is 10.5 Å². The van der Waals surface area contributed by atoms with Gasteiger partial charge in [-0.3, -0.25) is 4.98 Å². The molecule has 0 unspecified atom stereocenters. The van der Waals surface area contributed by atoms with Gasteiger partial charge in [-0.1, -0.05) is 11.3 Å². The van der Waals surface area contributed by atoms with Gasteiger partial charge in [0.15, 0.2) is 0 Å². The van der Waals surface area contributed by atoms with Crippen LogP contribution in [-0.2, 0) is 6.54 Å². The van der Waals surface area contributed by atoms with Crippen LogP contribution >= 0.6 is 0 Å². The van der Waals surface area contributed by atoms with Gasteiger partial charge in [0.05, 0.1) is 30.9 Å². The first-order chi connectivity index (χ1) is 15.2. The van der Waals surface area contributed by atoms with Crippen molar-refractivity contribution in [3.8, 4) is 17.0 Å². The normalized spacial score (nSPS) is 13.9. The van der Waals surface area contributed by atoms with Gasteiger partial charge < -0.3 is 15.0 Å². The molecule has 10 heteroatoms. The molecule has 0 radical (unpaired) electrons. The van der Waals surface area contributed by atoms with Crippen LogP contribution in [-0.4, -0.2) is 41.6 Å². The Morgan fingerprint density at radius 2 is 2.03 bits per heavy atom. The number of pyridine rings is 1. The lowest BCUT2D eigenvalue weighted by Crippen LogP contribution is -2.02. The van der Waals surface area contributed by atoms with Gasteiger partial charge in [-0.25, -0.2) is 19.0 Å². The smallest absolute Gasteiger partial charge is 0.146 e. The van der Waals surface area contributed by atoms with Gasteiger partial charge >= 0.3 is 0 Å². The summed E-state index contributed by atoms with van der Waals surface area (Å²) in [6.45, 7) is 0.362. The molecular formula is C21H19FN8O. The van der Waals surface area contributed by atoms with Crippen LogP contribution in [0.3, 0.4) is 0 Å². The lowest BCUT2D eigenvalue weighted by molar-refractivity contribution is 0.415. The molecule has 0 saturated heterocycles. The molecule has 0 aromatic carbocycles. The van der Waals surface area contributed by atoms with Crippen LogP contribution in [0.5, 0.6) is 5.75 Å². The zero-order valence-electron chi connectivity index (χ0n) is 16.7. The van der Waals surface area contributed by atoms with Crippen molar-refractivity contribution in [1.29, 1.82) is 0 Å². The number of ether oxygens (including phenoxy) is 1. The van der Waals surface area contributed by atoms with Crippen molar-refractivity contribution >= 4 is 22.5 Å². The summed E-state index contributed by atoms with van der Waals surface area (Å²) >= 11 is 0. The van der Waals surface area contributed by atoms with Gasteiger partial charge in [-0.05, 0) is 31.1 Å². The van der Waals surface area contributed by atoms with E-state index in [9.17, 15) is 4.39 Å². The van der Waals surface area contributed by atoms with Gasteiger partial charge in [0.2, 0.25) is 0 Å². The highest BCUT2D eigenvalue weighted by atomic mass is 19.1. The van der Waals surface area contributed by atoms with E-state index in [0.29, 0.717) is 52.7 Å². The predicted octanol–water partition coefficient (Wildman–Crippen LogP) is 3.21. The zero-order chi connectivity index (χ0) is 21.4. The average molecular weight is 418 g/mol. The number of hydrogen-bond acceptors (Lipinski definition) is 7. The average Bonchev–Trinajstić information content (AvgIpc) is 3.40. The molecular weight excluding hydrogens is 399 g/mol. The third-order valence-corrected chi connectivity index (χ3v) is 5.12. The van der Waals surface area contributed by atoms with Crippen molar-refractivity contribution in [3.05, 3.63) is 60.7 Å². The van der Waals surface area contributed by atoms with Gasteiger partial charge in [-0.2, -0.15) is 0 Å². The minimum atomic E-state index is -0.292. The fourth-order valence-corrected chi connectivity index (χ4v) is 3.70. The molecule has 0 fully saturated rings. The van der Waals surface area contributed by atoms with E-state index < -0.39 is 0 Å². The monoisotopic (exact) mass is 418 g/mol. The van der Waals surface area contributed by atoms with E-state index in [2.05, 4.69) is 25.3 Å². The van der Waals surface area contributed by atoms with Crippen LogP contribution in [0.1, 0.15) is 18.5 Å². The molecule has 0 bridgehead atoms. The minimum absolute atomic E-state index is 0.292. The highest BCUT2D eigenvalue weighted by molar-refractivity contribution is 6.00. The molecule has 0 atom stereocenters. The molecule has 9 nitrogen and oxygen atoms in total. The Morgan fingerprint density at radius 1 is 1.16 bits per heavy atom. The number of halogens is 1. The summed E-state index contributed by atoms with van der Waals surface area (Å²) < 4.78 is 23.0. The number of nitrogen functional groups attached to an aromatic ring is 1. The number of nitrogens with two attached hydrogens (primary N) is 1. The van der Waals surface area contributed by atoms with E-state index in [0.717, 1.165) is 12.0 Å². The molecule has 156 valence electrons. The van der Waals surface area contributed by atoms with Crippen LogP contribution in [0.15, 0.2) is 55.0 Å². The molecule has 1 aliphatic carbocycles. The maximum absolute atomic E-state index is 14.1. The van der Waals surface area contributed by atoms with Gasteiger partial charge in [0.25, 0.3) is 0 Å². The number of methoxy groups -OCH3 is 1. The molecule has 4 heterocycles. The lowest BCUT2D eigenvalue weighted by Gasteiger charge is -2.08. The van der Waals surface area contributed by atoms with Crippen molar-refractivity contribution in [2.75, 3.05) is 12.8 Å². The first kappa shape index (κ1) is 18.9. The molecule has 0 spiro atoms. The standard InChI is InChI=1S/C21H19FN8O/c1-31-17-7-4-8-24-19(17)14-11-29(21-18(14)20(23)25-12-26-21)9-13-10-30(28-27-13)16-6-3-2-5-15(16)22/h4-8,10-12H,2-3,9H2,1H3,(H2,23,25,26). The van der Waals surface area contributed by atoms with Crippen LogP contribution in [0.2, 0.25) is 0 Å². The zero-order valence-corrected chi connectivity index (χ0v) is 16.7. The first-order valence-corrected chi connectivity index (χ1v) is 9.72. The van der Waals surface area contributed by atoms with Crippen LogP contribution in [0.4, 0.5) is 10.2 Å². The molecule has 0 saturated carbocycles. The second-order valence-electron chi connectivity index (χ2n) is 7.06. The lowest BCUT2D eigenvalue weighted by atomic mass is 10.1. The molecule has 4 aromatic rings. The van der Waals surface area contributed by atoms with E-state index in [1.54, 1.807) is 31.6 Å². The molecule has 0 aliphatic heterocycles. The Bertz CT molecular complexity index is 1340. The van der Waals surface area contributed by atoms with Gasteiger partial charge in [-0.15, -0.1) is 5.10 Å². The summed E-state index contributed by atoms with van der Waals surface area (Å²) in [7, 11) is 1.59. The quantitative estimate of drug-likeness (QED) is 0.530. The number of aromatic nitrogens is 7. The number of fused-ring (bicyclic) bond motifs is 1. The fourth-order valence-electron chi connectivity index (χ4n) is 3.70. The molecule has 5 rings (SSSR count). The van der Waals surface area contributed by atoms with E-state index in [1.807, 2.05) is 22.9 Å². The van der Waals surface area contributed by atoms with Crippen molar-refractivity contribution in [2.24, 2.45) is 0 Å². The van der Waals surface area contributed by atoms with Gasteiger partial charge in [0.1, 0.15) is 40.8 Å². The minimum Gasteiger partial charge on any atom is -0.494 e. The van der Waals surface area contributed by atoms with Crippen molar-refractivity contribution < 1.29 is 9.13 Å². The van der Waals surface area contributed by atoms with E-state index >= 15 is 0 Å². The highest BCUT2D eigenvalue weighted by Crippen LogP contribution is 2.36. The Labute approximate surface area is 176 Å². The second-order valence-corrected chi connectivity index (χ2v) is 7.06. The van der Waals surface area contributed by atoms with E-state index in [1.165, 1.54) is 11.0 Å². The van der Waals surface area contributed by atoms with E-state index in [-0.39, 0.29) is 5.83 Å². The fraction of sp³-hybridized carbons (Fsp3) is 0.190. The number of allylic oxidation sites excluding steroid dienone is 4. The molecule has 4 aromatic heterocycles. The molecule has 1 aliphatic rings. The topological polar surface area (TPSA) is 110 Å². The number of anilines is 1. The summed E-state index contributed by atoms with van der Waals surface area (Å²) in [5.74, 6) is 0.663. The molecule has 0 amide bonds. The summed E-state index contributed by atoms with van der Waals surface area (Å²) in [5.41, 5.74) is 9.27. The Morgan fingerprint density at radius 3 is 2.87 bits per heavy atom. The first-order valence-electron chi connectivity index (χ1n) is 9.72. The summed E-state index contributed by atoms with van der Waals surface area (Å²) in [5, 5.41) is 8.98. The van der Waals surface area contributed by atoms with Crippen LogP contribution in [0.25, 0.3) is 28.0 Å². The van der Waals surface area contributed by atoms with Crippen LogP contribution in [0, 0.1) is 0 Å². The SMILES string of the molecule is COc1cccnc1-c1cn(Cc2cn(C3=CCCC=C3F)nn2)c2ncnc(N)c12. The Balaban J connectivity index is 1.57. The number of rotatable bonds is 5. The summed E-state index contributed by atoms with van der Waals surface area (Å²) in [6, 6.07) is 3.63. The summed E-state index contributed by atoms with van der Waals surface area (Å²) in [6.07, 6.45) is 11.5. The predicted molar refractivity (Wildman–Crippen MR) is 114 cm³/mol. The number of nitrogens with zero attached hydrogens (tertiary/aromatic N) is 7. The maximum Gasteiger partial charge on any atom is 0.146 e. The summed E-state index contributed by atoms with van der Waals surface area (Å²) in [4.78, 5) is 13.0. The Kier molecular flexibility index (Phi) is 4.66. The van der Waals surface area contributed by atoms with Crippen LogP contribution < -0.4 is 10.5 Å². The van der Waals surface area contributed by atoms with Crippen molar-refractivity contribution in [2.45, 2.75) is 19.4 Å². The van der Waals surface area contributed by atoms with Crippen molar-refractivity contribution in [1.82, 2.24) is 34.5 Å². The van der Waals surface area contributed by atoms with Crippen molar-refractivity contribution in [3.63, 3.8) is 0 Å². The highest BCUT2D eigenvalue weighted by Gasteiger charge is 2.20. The largest absolute Gasteiger partial charge is 0.494 e.